The highest BCUT2D eigenvalue weighted by Crippen LogP contribution is 2.28. The number of nitrogens with one attached hydrogen (secondary N) is 1. The quantitative estimate of drug-likeness (QED) is 0.787. The molecule has 0 saturated carbocycles. The lowest BCUT2D eigenvalue weighted by Gasteiger charge is -2.05. The van der Waals surface area contributed by atoms with E-state index in [2.05, 4.69) is 10.5 Å². The van der Waals surface area contributed by atoms with Gasteiger partial charge in [0.05, 0.1) is 6.54 Å². The number of aryl methyl sites for hydroxylation is 1. The number of carbonyl (C=O) groups is 1. The van der Waals surface area contributed by atoms with Crippen molar-refractivity contribution in [2.45, 2.75) is 13.5 Å². The Balaban J connectivity index is 1.90. The summed E-state index contributed by atoms with van der Waals surface area (Å²) in [4.78, 5) is 13.4. The number of rotatable bonds is 4. The Morgan fingerprint density at radius 3 is 2.87 bits per heavy atom. The molecule has 1 aromatic carbocycles. The molecule has 118 valence electrons. The van der Waals surface area contributed by atoms with Crippen LogP contribution in [-0.2, 0) is 6.54 Å². The van der Waals surface area contributed by atoms with E-state index in [4.69, 9.17) is 4.52 Å². The fraction of sp³-hybridized carbons (Fsp3) is 0.125. The van der Waals surface area contributed by atoms with Crippen LogP contribution in [0, 0.1) is 18.6 Å². The van der Waals surface area contributed by atoms with E-state index >= 15 is 0 Å². The molecule has 0 aliphatic carbocycles. The third kappa shape index (κ3) is 3.14. The largest absolute Gasteiger partial charge is 0.360 e. The third-order valence-electron chi connectivity index (χ3n) is 3.28. The summed E-state index contributed by atoms with van der Waals surface area (Å²) in [6, 6.07) is 6.86. The van der Waals surface area contributed by atoms with Gasteiger partial charge in [0.1, 0.15) is 28.7 Å². The molecule has 1 N–H and O–H groups in total. The summed E-state index contributed by atoms with van der Waals surface area (Å²) in [6.07, 6.45) is 0. The second-order valence-electron chi connectivity index (χ2n) is 4.85. The Morgan fingerprint density at radius 1 is 1.35 bits per heavy atom. The number of amides is 1. The maximum Gasteiger partial charge on any atom is 0.257 e. The summed E-state index contributed by atoms with van der Waals surface area (Å²) >= 11 is 1.52. The molecule has 0 aliphatic heterocycles. The Labute approximate surface area is 134 Å². The van der Waals surface area contributed by atoms with Crippen molar-refractivity contribution in [1.29, 1.82) is 0 Å². The van der Waals surface area contributed by atoms with Gasteiger partial charge in [-0.1, -0.05) is 11.2 Å². The van der Waals surface area contributed by atoms with Crippen LogP contribution in [0.25, 0.3) is 11.3 Å². The predicted octanol–water partition coefficient (Wildman–Crippen LogP) is 3.92. The van der Waals surface area contributed by atoms with E-state index in [9.17, 15) is 13.6 Å². The van der Waals surface area contributed by atoms with Crippen molar-refractivity contribution < 1.29 is 18.1 Å². The normalized spacial score (nSPS) is 10.7. The molecule has 3 rings (SSSR count). The molecule has 23 heavy (non-hydrogen) atoms. The van der Waals surface area contributed by atoms with E-state index in [0.717, 1.165) is 17.0 Å². The number of aromatic nitrogens is 1. The first-order valence-electron chi connectivity index (χ1n) is 6.78. The minimum atomic E-state index is -0.800. The first-order valence-corrected chi connectivity index (χ1v) is 7.66. The average Bonchev–Trinajstić information content (AvgIpc) is 3.14. The highest BCUT2D eigenvalue weighted by Gasteiger charge is 2.23. The van der Waals surface area contributed by atoms with Gasteiger partial charge >= 0.3 is 0 Å². The zero-order valence-corrected chi connectivity index (χ0v) is 12.9. The summed E-state index contributed by atoms with van der Waals surface area (Å²) in [7, 11) is 0. The summed E-state index contributed by atoms with van der Waals surface area (Å²) in [5.74, 6) is -1.65. The molecule has 0 atom stereocenters. The van der Waals surface area contributed by atoms with Crippen molar-refractivity contribution >= 4 is 17.2 Å². The fourth-order valence-corrected chi connectivity index (χ4v) is 2.82. The smallest absolute Gasteiger partial charge is 0.257 e. The van der Waals surface area contributed by atoms with E-state index in [1.54, 1.807) is 6.92 Å². The lowest BCUT2D eigenvalue weighted by Crippen LogP contribution is -2.23. The van der Waals surface area contributed by atoms with Crippen LogP contribution >= 0.6 is 11.3 Å². The number of hydrogen-bond donors (Lipinski definition) is 1. The van der Waals surface area contributed by atoms with Crippen LogP contribution in [0.5, 0.6) is 0 Å². The number of carbonyl (C=O) groups excluding carboxylic acids is 1. The van der Waals surface area contributed by atoms with E-state index in [1.165, 1.54) is 17.4 Å². The van der Waals surface area contributed by atoms with Crippen molar-refractivity contribution in [3.63, 3.8) is 0 Å². The van der Waals surface area contributed by atoms with Crippen LogP contribution in [0.4, 0.5) is 8.78 Å². The molecule has 0 saturated heterocycles. The van der Waals surface area contributed by atoms with Crippen molar-refractivity contribution in [1.82, 2.24) is 10.5 Å². The third-order valence-corrected chi connectivity index (χ3v) is 4.16. The SMILES string of the molecule is Cc1onc(-c2ccc(F)cc2F)c1C(=O)NCc1cccs1. The Kier molecular flexibility index (Phi) is 4.20. The number of nitrogens with zero attached hydrogens (tertiary/aromatic N) is 1. The van der Waals surface area contributed by atoms with Gasteiger partial charge in [-0.25, -0.2) is 8.78 Å². The predicted molar refractivity (Wildman–Crippen MR) is 82.1 cm³/mol. The molecular weight excluding hydrogens is 322 g/mol. The molecule has 0 unspecified atom stereocenters. The summed E-state index contributed by atoms with van der Waals surface area (Å²) in [5.41, 5.74) is 0.222. The average molecular weight is 334 g/mol. The molecule has 3 aromatic rings. The molecule has 2 aromatic heterocycles. The van der Waals surface area contributed by atoms with Crippen LogP contribution in [0.15, 0.2) is 40.2 Å². The summed E-state index contributed by atoms with van der Waals surface area (Å²) in [5, 5.41) is 8.40. The van der Waals surface area contributed by atoms with Gasteiger partial charge in [-0.05, 0) is 30.5 Å². The van der Waals surface area contributed by atoms with Gasteiger partial charge in [-0.3, -0.25) is 4.79 Å². The number of benzene rings is 1. The molecule has 0 bridgehead atoms. The molecule has 4 nitrogen and oxygen atoms in total. The molecule has 0 radical (unpaired) electrons. The molecule has 0 aliphatic rings. The monoisotopic (exact) mass is 334 g/mol. The Bertz CT molecular complexity index is 844. The Hall–Kier alpha value is -2.54. The van der Waals surface area contributed by atoms with Crippen molar-refractivity contribution in [2.75, 3.05) is 0 Å². The fourth-order valence-electron chi connectivity index (χ4n) is 2.17. The van der Waals surface area contributed by atoms with Crippen LogP contribution in [0.3, 0.4) is 0 Å². The van der Waals surface area contributed by atoms with E-state index in [0.29, 0.717) is 6.54 Å². The van der Waals surface area contributed by atoms with Gasteiger partial charge in [-0.2, -0.15) is 0 Å². The second kappa shape index (κ2) is 6.29. The topological polar surface area (TPSA) is 55.1 Å². The van der Waals surface area contributed by atoms with Gasteiger partial charge in [0, 0.05) is 16.5 Å². The zero-order chi connectivity index (χ0) is 16.4. The minimum Gasteiger partial charge on any atom is -0.360 e. The molecule has 7 heteroatoms. The Morgan fingerprint density at radius 2 is 2.17 bits per heavy atom. The number of thiophene rings is 1. The zero-order valence-electron chi connectivity index (χ0n) is 12.1. The van der Waals surface area contributed by atoms with Gasteiger partial charge in [0.2, 0.25) is 0 Å². The lowest BCUT2D eigenvalue weighted by atomic mass is 10.0. The van der Waals surface area contributed by atoms with Crippen LogP contribution in [0.2, 0.25) is 0 Å². The maximum atomic E-state index is 13.9. The van der Waals surface area contributed by atoms with Crippen LogP contribution < -0.4 is 5.32 Å². The minimum absolute atomic E-state index is 0.0181. The maximum absolute atomic E-state index is 13.9. The lowest BCUT2D eigenvalue weighted by molar-refractivity contribution is 0.0950. The van der Waals surface area contributed by atoms with E-state index < -0.39 is 17.5 Å². The van der Waals surface area contributed by atoms with Crippen LogP contribution in [0.1, 0.15) is 21.0 Å². The van der Waals surface area contributed by atoms with Gasteiger partial charge < -0.3 is 9.84 Å². The molecule has 2 heterocycles. The van der Waals surface area contributed by atoms with Crippen LogP contribution in [-0.4, -0.2) is 11.1 Å². The summed E-state index contributed by atoms with van der Waals surface area (Å²) in [6.45, 7) is 1.92. The number of halogens is 2. The molecular formula is C16H12F2N2O2S. The molecule has 1 amide bonds. The van der Waals surface area contributed by atoms with Gasteiger partial charge in [0.15, 0.2) is 0 Å². The highest BCUT2D eigenvalue weighted by atomic mass is 32.1. The molecule has 0 fully saturated rings. The van der Waals surface area contributed by atoms with E-state index in [-0.39, 0.29) is 22.6 Å². The van der Waals surface area contributed by atoms with Crippen molar-refractivity contribution in [2.24, 2.45) is 0 Å². The van der Waals surface area contributed by atoms with Crippen molar-refractivity contribution in [3.05, 3.63) is 63.5 Å². The van der Waals surface area contributed by atoms with E-state index in [1.807, 2.05) is 17.5 Å². The van der Waals surface area contributed by atoms with Crippen molar-refractivity contribution in [3.8, 4) is 11.3 Å². The van der Waals surface area contributed by atoms with Gasteiger partial charge in [0.25, 0.3) is 5.91 Å². The first kappa shape index (κ1) is 15.4. The second-order valence-corrected chi connectivity index (χ2v) is 5.88. The first-order chi connectivity index (χ1) is 11.1. The molecule has 0 spiro atoms. The summed E-state index contributed by atoms with van der Waals surface area (Å²) < 4.78 is 32.0. The standard InChI is InChI=1S/C16H12F2N2O2S/c1-9-14(16(21)19-8-11-3-2-6-23-11)15(20-22-9)12-5-4-10(17)7-13(12)18/h2-7H,8H2,1H3,(H,19,21). The highest BCUT2D eigenvalue weighted by molar-refractivity contribution is 7.09. The van der Waals surface area contributed by atoms with Gasteiger partial charge in [-0.15, -0.1) is 11.3 Å². The number of hydrogen-bond acceptors (Lipinski definition) is 4.